The second kappa shape index (κ2) is 7.12. The van der Waals surface area contributed by atoms with E-state index in [4.69, 9.17) is 5.26 Å². The number of para-hydroxylation sites is 1. The van der Waals surface area contributed by atoms with Crippen LogP contribution in [0.5, 0.6) is 0 Å². The Morgan fingerprint density at radius 2 is 2.04 bits per heavy atom. The van der Waals surface area contributed by atoms with Crippen LogP contribution in [0.2, 0.25) is 0 Å². The Balaban J connectivity index is 1.84. The Labute approximate surface area is 138 Å². The van der Waals surface area contributed by atoms with E-state index in [-0.39, 0.29) is 5.78 Å². The molecule has 0 spiro atoms. The molecule has 114 valence electrons. The predicted octanol–water partition coefficient (Wildman–Crippen LogP) is 3.92. The molecule has 0 fully saturated rings. The number of hydrogen-bond donors (Lipinski definition) is 0. The molecule has 0 aliphatic heterocycles. The quantitative estimate of drug-likeness (QED) is 0.510. The van der Waals surface area contributed by atoms with Crippen molar-refractivity contribution in [2.45, 2.75) is 18.0 Å². The number of pyridine rings is 1. The van der Waals surface area contributed by atoms with Crippen molar-refractivity contribution in [3.05, 3.63) is 60.4 Å². The van der Waals surface area contributed by atoms with E-state index >= 15 is 0 Å². The monoisotopic (exact) mass is 321 g/mol. The van der Waals surface area contributed by atoms with Gasteiger partial charge in [-0.1, -0.05) is 36.0 Å². The number of nitrogens with zero attached hydrogens (tertiary/aromatic N) is 3. The van der Waals surface area contributed by atoms with Crippen molar-refractivity contribution in [2.24, 2.45) is 0 Å². The van der Waals surface area contributed by atoms with Crippen LogP contribution in [0.4, 0.5) is 0 Å². The highest BCUT2D eigenvalue weighted by Crippen LogP contribution is 2.24. The second-order valence-corrected chi connectivity index (χ2v) is 6.04. The summed E-state index contributed by atoms with van der Waals surface area (Å²) in [6.07, 6.45) is 4.01. The van der Waals surface area contributed by atoms with Gasteiger partial charge in [-0.05, 0) is 18.2 Å². The lowest BCUT2D eigenvalue weighted by Gasteiger charge is -2.00. The number of thioether (sulfide) groups is 1. The summed E-state index contributed by atoms with van der Waals surface area (Å²) in [5.74, 6) is 0.427. The van der Waals surface area contributed by atoms with Crippen LogP contribution in [0.25, 0.3) is 10.9 Å². The largest absolute Gasteiger partial charge is 0.346 e. The fourth-order valence-electron chi connectivity index (χ4n) is 2.47. The van der Waals surface area contributed by atoms with Crippen molar-refractivity contribution in [1.29, 1.82) is 5.26 Å². The lowest BCUT2D eigenvalue weighted by atomic mass is 10.1. The molecule has 0 atom stereocenters. The first kappa shape index (κ1) is 15.3. The molecule has 1 aromatic carbocycles. The number of hydrogen-bond acceptors (Lipinski definition) is 4. The number of rotatable bonds is 6. The van der Waals surface area contributed by atoms with Crippen LogP contribution < -0.4 is 0 Å². The molecule has 2 heterocycles. The number of aromatic nitrogens is 2. The van der Waals surface area contributed by atoms with Crippen LogP contribution in [0, 0.1) is 11.3 Å². The SMILES string of the molecule is N#CCCn1cc(C(=O)CSc2ccccn2)c2ccccc21. The van der Waals surface area contributed by atoms with Gasteiger partial charge in [0.05, 0.1) is 23.3 Å². The maximum Gasteiger partial charge on any atom is 0.175 e. The standard InChI is InChI=1S/C18H15N3OS/c19-9-5-11-21-12-15(14-6-1-2-7-16(14)21)17(22)13-23-18-8-3-4-10-20-18/h1-4,6-8,10,12H,5,11,13H2. The molecule has 0 N–H and O–H groups in total. The first-order valence-corrected chi connectivity index (χ1v) is 8.30. The van der Waals surface area contributed by atoms with Gasteiger partial charge < -0.3 is 4.57 Å². The number of carbonyl (C=O) groups is 1. The summed E-state index contributed by atoms with van der Waals surface area (Å²) in [7, 11) is 0. The molecule has 0 radical (unpaired) electrons. The van der Waals surface area contributed by atoms with Crippen LogP contribution in [0.15, 0.2) is 59.9 Å². The zero-order valence-electron chi connectivity index (χ0n) is 12.5. The highest BCUT2D eigenvalue weighted by atomic mass is 32.2. The van der Waals surface area contributed by atoms with Gasteiger partial charge in [0.15, 0.2) is 5.78 Å². The van der Waals surface area contributed by atoms with Gasteiger partial charge in [0.1, 0.15) is 0 Å². The Hall–Kier alpha value is -2.58. The highest BCUT2D eigenvalue weighted by molar-refractivity contribution is 7.99. The van der Waals surface area contributed by atoms with Gasteiger partial charge in [-0.25, -0.2) is 4.98 Å². The molecule has 0 aliphatic rings. The first-order valence-electron chi connectivity index (χ1n) is 7.31. The first-order chi connectivity index (χ1) is 11.3. The van der Waals surface area contributed by atoms with Gasteiger partial charge in [-0.15, -0.1) is 0 Å². The molecule has 0 saturated heterocycles. The molecule has 2 aromatic heterocycles. The fourth-order valence-corrected chi connectivity index (χ4v) is 3.22. The third-order valence-corrected chi connectivity index (χ3v) is 4.49. The van der Waals surface area contributed by atoms with Crippen molar-refractivity contribution in [3.8, 4) is 6.07 Å². The molecular weight excluding hydrogens is 306 g/mol. The van der Waals surface area contributed by atoms with Crippen LogP contribution in [0.3, 0.4) is 0 Å². The number of nitriles is 1. The van der Waals surface area contributed by atoms with Crippen molar-refractivity contribution < 1.29 is 4.79 Å². The summed E-state index contributed by atoms with van der Waals surface area (Å²) in [6, 6.07) is 15.6. The number of Topliss-reactive ketones (excluding diaryl/α,β-unsaturated/α-hetero) is 1. The van der Waals surface area contributed by atoms with Crippen molar-refractivity contribution in [3.63, 3.8) is 0 Å². The van der Waals surface area contributed by atoms with Gasteiger partial charge in [0.2, 0.25) is 0 Å². The number of fused-ring (bicyclic) bond motifs is 1. The van der Waals surface area contributed by atoms with E-state index < -0.39 is 0 Å². The number of aryl methyl sites for hydroxylation is 1. The average molecular weight is 321 g/mol. The maximum absolute atomic E-state index is 12.6. The lowest BCUT2D eigenvalue weighted by molar-refractivity contribution is 0.102. The molecule has 0 aliphatic carbocycles. The van der Waals surface area contributed by atoms with Gasteiger partial charge in [-0.2, -0.15) is 5.26 Å². The van der Waals surface area contributed by atoms with Gasteiger partial charge >= 0.3 is 0 Å². The van der Waals surface area contributed by atoms with E-state index in [1.807, 2.05) is 53.2 Å². The van der Waals surface area contributed by atoms with E-state index in [9.17, 15) is 4.79 Å². The number of carbonyl (C=O) groups excluding carboxylic acids is 1. The maximum atomic E-state index is 12.6. The summed E-state index contributed by atoms with van der Waals surface area (Å²) < 4.78 is 1.98. The minimum Gasteiger partial charge on any atom is -0.346 e. The number of benzene rings is 1. The minimum atomic E-state index is 0.0764. The van der Waals surface area contributed by atoms with Crippen LogP contribution in [-0.4, -0.2) is 21.1 Å². The summed E-state index contributed by atoms with van der Waals surface area (Å²) in [5.41, 5.74) is 1.70. The normalized spacial score (nSPS) is 10.6. The topological polar surface area (TPSA) is 58.7 Å². The third-order valence-electron chi connectivity index (χ3n) is 3.54. The van der Waals surface area contributed by atoms with E-state index in [2.05, 4.69) is 11.1 Å². The Morgan fingerprint density at radius 1 is 1.22 bits per heavy atom. The van der Waals surface area contributed by atoms with Gasteiger partial charge in [0, 0.05) is 35.4 Å². The second-order valence-electron chi connectivity index (χ2n) is 5.04. The van der Waals surface area contributed by atoms with E-state index in [1.54, 1.807) is 6.20 Å². The molecule has 5 heteroatoms. The van der Waals surface area contributed by atoms with Gasteiger partial charge in [-0.3, -0.25) is 4.79 Å². The molecule has 0 bridgehead atoms. The molecule has 0 saturated carbocycles. The molecule has 23 heavy (non-hydrogen) atoms. The van der Waals surface area contributed by atoms with E-state index in [0.717, 1.165) is 15.9 Å². The molecule has 3 rings (SSSR count). The van der Waals surface area contributed by atoms with Crippen LogP contribution >= 0.6 is 11.8 Å². The fraction of sp³-hybridized carbons (Fsp3) is 0.167. The van der Waals surface area contributed by atoms with E-state index in [1.165, 1.54) is 11.8 Å². The molecule has 0 amide bonds. The highest BCUT2D eigenvalue weighted by Gasteiger charge is 2.15. The zero-order valence-corrected chi connectivity index (χ0v) is 13.3. The molecule has 0 unspecified atom stereocenters. The Bertz CT molecular complexity index is 865. The van der Waals surface area contributed by atoms with E-state index in [0.29, 0.717) is 24.3 Å². The van der Waals surface area contributed by atoms with Crippen LogP contribution in [-0.2, 0) is 6.54 Å². The molecule has 4 nitrogen and oxygen atoms in total. The molecular formula is C18H15N3OS. The van der Waals surface area contributed by atoms with Crippen molar-refractivity contribution in [2.75, 3.05) is 5.75 Å². The smallest absolute Gasteiger partial charge is 0.175 e. The summed E-state index contributed by atoms with van der Waals surface area (Å²) >= 11 is 1.44. The summed E-state index contributed by atoms with van der Waals surface area (Å²) in [4.78, 5) is 16.8. The Morgan fingerprint density at radius 3 is 2.83 bits per heavy atom. The summed E-state index contributed by atoms with van der Waals surface area (Å²) in [6.45, 7) is 0.595. The van der Waals surface area contributed by atoms with Crippen molar-refractivity contribution >= 4 is 28.4 Å². The predicted molar refractivity (Wildman–Crippen MR) is 91.5 cm³/mol. The number of ketones is 1. The third kappa shape index (κ3) is 3.43. The lowest BCUT2D eigenvalue weighted by Crippen LogP contribution is -2.02. The Kier molecular flexibility index (Phi) is 4.74. The zero-order chi connectivity index (χ0) is 16.1. The molecule has 3 aromatic rings. The summed E-state index contributed by atoms with van der Waals surface area (Å²) in [5, 5.41) is 10.6. The average Bonchev–Trinajstić information content (AvgIpc) is 2.98. The minimum absolute atomic E-state index is 0.0764. The van der Waals surface area contributed by atoms with Crippen LogP contribution in [0.1, 0.15) is 16.8 Å². The van der Waals surface area contributed by atoms with Crippen molar-refractivity contribution in [1.82, 2.24) is 9.55 Å². The van der Waals surface area contributed by atoms with Gasteiger partial charge in [0.25, 0.3) is 0 Å².